The maximum absolute atomic E-state index is 9.82. The van der Waals surface area contributed by atoms with Crippen molar-refractivity contribution < 1.29 is 9.84 Å². The SMILES string of the molecule is CC(C)CNCC(O)COC1CCC(C)C(C)C1. The third-order valence-corrected chi connectivity index (χ3v) is 4.01. The van der Waals surface area contributed by atoms with Gasteiger partial charge in [0.2, 0.25) is 0 Å². The van der Waals surface area contributed by atoms with Crippen molar-refractivity contribution in [3.05, 3.63) is 0 Å². The molecular weight excluding hydrogens is 226 g/mol. The van der Waals surface area contributed by atoms with Crippen LogP contribution in [-0.4, -0.2) is 37.0 Å². The van der Waals surface area contributed by atoms with Gasteiger partial charge in [-0.05, 0) is 43.6 Å². The van der Waals surface area contributed by atoms with Crippen molar-refractivity contribution in [2.75, 3.05) is 19.7 Å². The van der Waals surface area contributed by atoms with Crippen molar-refractivity contribution in [3.8, 4) is 0 Å². The van der Waals surface area contributed by atoms with E-state index < -0.39 is 0 Å². The summed E-state index contributed by atoms with van der Waals surface area (Å²) in [6.07, 6.45) is 3.53. The van der Waals surface area contributed by atoms with Gasteiger partial charge in [-0.2, -0.15) is 0 Å². The summed E-state index contributed by atoms with van der Waals surface area (Å²) in [7, 11) is 0. The van der Waals surface area contributed by atoms with E-state index in [9.17, 15) is 5.11 Å². The van der Waals surface area contributed by atoms with E-state index in [1.807, 2.05) is 0 Å². The summed E-state index contributed by atoms with van der Waals surface area (Å²) in [5.74, 6) is 2.20. The Morgan fingerprint density at radius 2 is 1.89 bits per heavy atom. The van der Waals surface area contributed by atoms with Crippen LogP contribution in [0.25, 0.3) is 0 Å². The molecule has 0 aliphatic heterocycles. The van der Waals surface area contributed by atoms with Gasteiger partial charge in [0, 0.05) is 6.54 Å². The van der Waals surface area contributed by atoms with Gasteiger partial charge in [0.25, 0.3) is 0 Å². The van der Waals surface area contributed by atoms with Crippen LogP contribution < -0.4 is 5.32 Å². The molecule has 0 bridgehead atoms. The van der Waals surface area contributed by atoms with Crippen LogP contribution in [-0.2, 0) is 4.74 Å². The quantitative estimate of drug-likeness (QED) is 0.736. The van der Waals surface area contributed by atoms with Gasteiger partial charge in [0.05, 0.1) is 18.8 Å². The molecule has 0 aromatic carbocycles. The van der Waals surface area contributed by atoms with Gasteiger partial charge in [0.1, 0.15) is 0 Å². The highest BCUT2D eigenvalue weighted by atomic mass is 16.5. The molecule has 4 atom stereocenters. The van der Waals surface area contributed by atoms with E-state index in [1.54, 1.807) is 0 Å². The van der Waals surface area contributed by atoms with Crippen LogP contribution in [0.5, 0.6) is 0 Å². The predicted molar refractivity (Wildman–Crippen MR) is 75.6 cm³/mol. The average Bonchev–Trinajstić information content (AvgIpc) is 2.30. The topological polar surface area (TPSA) is 41.5 Å². The first-order valence-electron chi connectivity index (χ1n) is 7.49. The molecule has 4 unspecified atom stereocenters. The van der Waals surface area contributed by atoms with Crippen LogP contribution in [0.2, 0.25) is 0 Å². The number of rotatable bonds is 7. The van der Waals surface area contributed by atoms with E-state index in [1.165, 1.54) is 6.42 Å². The van der Waals surface area contributed by atoms with Gasteiger partial charge >= 0.3 is 0 Å². The second-order valence-electron chi connectivity index (χ2n) is 6.43. The molecule has 1 fully saturated rings. The van der Waals surface area contributed by atoms with E-state index in [-0.39, 0.29) is 6.10 Å². The van der Waals surface area contributed by atoms with Gasteiger partial charge < -0.3 is 15.2 Å². The zero-order chi connectivity index (χ0) is 13.5. The Balaban J connectivity index is 2.09. The summed E-state index contributed by atoms with van der Waals surface area (Å²) < 4.78 is 5.83. The van der Waals surface area contributed by atoms with Gasteiger partial charge in [-0.3, -0.25) is 0 Å². The number of hydrogen-bond donors (Lipinski definition) is 2. The summed E-state index contributed by atoms with van der Waals surface area (Å²) in [6.45, 7) is 11.0. The standard InChI is InChI=1S/C15H31NO2/c1-11(2)8-16-9-14(17)10-18-15-6-5-12(3)13(4)7-15/h11-17H,5-10H2,1-4H3. The molecule has 0 spiro atoms. The number of aliphatic hydroxyl groups is 1. The highest BCUT2D eigenvalue weighted by Crippen LogP contribution is 2.30. The Hall–Kier alpha value is -0.120. The second kappa shape index (κ2) is 8.13. The second-order valence-corrected chi connectivity index (χ2v) is 6.43. The molecule has 1 rings (SSSR count). The molecule has 3 nitrogen and oxygen atoms in total. The first-order valence-corrected chi connectivity index (χ1v) is 7.49. The molecule has 1 saturated carbocycles. The largest absolute Gasteiger partial charge is 0.389 e. The molecule has 0 radical (unpaired) electrons. The van der Waals surface area contributed by atoms with Crippen LogP contribution in [0, 0.1) is 17.8 Å². The van der Waals surface area contributed by atoms with Crippen LogP contribution >= 0.6 is 0 Å². The number of aliphatic hydroxyl groups excluding tert-OH is 1. The van der Waals surface area contributed by atoms with Crippen molar-refractivity contribution in [3.63, 3.8) is 0 Å². The lowest BCUT2D eigenvalue weighted by molar-refractivity contribution is -0.0382. The lowest BCUT2D eigenvalue weighted by Crippen LogP contribution is -2.35. The Morgan fingerprint density at radius 3 is 2.50 bits per heavy atom. The van der Waals surface area contributed by atoms with Gasteiger partial charge in [-0.1, -0.05) is 27.7 Å². The number of nitrogens with one attached hydrogen (secondary N) is 1. The van der Waals surface area contributed by atoms with E-state index in [0.717, 1.165) is 31.2 Å². The molecule has 108 valence electrons. The normalized spacial score (nSPS) is 30.7. The molecule has 2 N–H and O–H groups in total. The molecule has 0 amide bonds. The molecule has 1 aliphatic carbocycles. The number of hydrogen-bond acceptors (Lipinski definition) is 3. The fourth-order valence-electron chi connectivity index (χ4n) is 2.49. The predicted octanol–water partition coefficient (Wildman–Crippen LogP) is 2.43. The summed E-state index contributed by atoms with van der Waals surface area (Å²) in [5.41, 5.74) is 0. The van der Waals surface area contributed by atoms with Crippen molar-refractivity contribution in [1.82, 2.24) is 5.32 Å². The Morgan fingerprint density at radius 1 is 1.17 bits per heavy atom. The van der Waals surface area contributed by atoms with Crippen molar-refractivity contribution in [2.45, 2.75) is 59.2 Å². The molecular formula is C15H31NO2. The Kier molecular flexibility index (Phi) is 7.20. The zero-order valence-electron chi connectivity index (χ0n) is 12.5. The zero-order valence-corrected chi connectivity index (χ0v) is 12.5. The number of ether oxygens (including phenoxy) is 1. The van der Waals surface area contributed by atoms with E-state index in [4.69, 9.17) is 4.74 Å². The summed E-state index contributed by atoms with van der Waals surface area (Å²) in [5, 5.41) is 13.1. The molecule has 0 aromatic rings. The first-order chi connectivity index (χ1) is 8.49. The molecule has 0 heterocycles. The minimum Gasteiger partial charge on any atom is -0.389 e. The van der Waals surface area contributed by atoms with E-state index in [0.29, 0.717) is 25.2 Å². The van der Waals surface area contributed by atoms with Gasteiger partial charge in [0.15, 0.2) is 0 Å². The van der Waals surface area contributed by atoms with Crippen molar-refractivity contribution in [1.29, 1.82) is 0 Å². The highest BCUT2D eigenvalue weighted by Gasteiger charge is 2.25. The fraction of sp³-hybridized carbons (Fsp3) is 1.00. The van der Waals surface area contributed by atoms with Gasteiger partial charge in [-0.15, -0.1) is 0 Å². The third kappa shape index (κ3) is 6.17. The lowest BCUT2D eigenvalue weighted by Gasteiger charge is -2.32. The molecule has 0 aromatic heterocycles. The first kappa shape index (κ1) is 15.9. The fourth-order valence-corrected chi connectivity index (χ4v) is 2.49. The minimum absolute atomic E-state index is 0.357. The monoisotopic (exact) mass is 257 g/mol. The average molecular weight is 257 g/mol. The maximum Gasteiger partial charge on any atom is 0.0897 e. The highest BCUT2D eigenvalue weighted by molar-refractivity contribution is 4.76. The van der Waals surface area contributed by atoms with Crippen molar-refractivity contribution in [2.24, 2.45) is 17.8 Å². The molecule has 0 saturated heterocycles. The lowest BCUT2D eigenvalue weighted by atomic mass is 9.80. The molecule has 3 heteroatoms. The Bertz CT molecular complexity index is 221. The minimum atomic E-state index is -0.376. The molecule has 18 heavy (non-hydrogen) atoms. The van der Waals surface area contributed by atoms with Crippen LogP contribution in [0.15, 0.2) is 0 Å². The van der Waals surface area contributed by atoms with E-state index >= 15 is 0 Å². The Labute approximate surface area is 112 Å². The molecule has 1 aliphatic rings. The summed E-state index contributed by atoms with van der Waals surface area (Å²) >= 11 is 0. The van der Waals surface area contributed by atoms with Gasteiger partial charge in [-0.25, -0.2) is 0 Å². The van der Waals surface area contributed by atoms with Crippen LogP contribution in [0.1, 0.15) is 47.0 Å². The van der Waals surface area contributed by atoms with Crippen LogP contribution in [0.3, 0.4) is 0 Å². The van der Waals surface area contributed by atoms with Crippen LogP contribution in [0.4, 0.5) is 0 Å². The third-order valence-electron chi connectivity index (χ3n) is 4.01. The summed E-state index contributed by atoms with van der Waals surface area (Å²) in [6, 6.07) is 0. The van der Waals surface area contributed by atoms with Crippen molar-refractivity contribution >= 4 is 0 Å². The van der Waals surface area contributed by atoms with E-state index in [2.05, 4.69) is 33.0 Å². The smallest absolute Gasteiger partial charge is 0.0897 e. The summed E-state index contributed by atoms with van der Waals surface area (Å²) in [4.78, 5) is 0. The maximum atomic E-state index is 9.82.